The molecule has 146 valence electrons. The number of nitrogens with zero attached hydrogens (tertiary/aromatic N) is 1. The number of aliphatic hydroxyl groups excluding tert-OH is 1. The lowest BCUT2D eigenvalue weighted by Crippen LogP contribution is -2.37. The molecule has 0 aromatic heterocycles. The fourth-order valence-electron chi connectivity index (χ4n) is 2.67. The Morgan fingerprint density at radius 1 is 1.18 bits per heavy atom. The first-order valence-electron chi connectivity index (χ1n) is 8.51. The molecule has 1 heterocycles. The zero-order chi connectivity index (χ0) is 20.1. The minimum Gasteiger partial charge on any atom is -0.447 e. The van der Waals surface area contributed by atoms with Gasteiger partial charge in [0.15, 0.2) is 0 Å². The zero-order valence-electron chi connectivity index (χ0n) is 14.7. The fraction of sp³-hybridized carbons (Fsp3) is 0.211. The number of ether oxygens (including phenoxy) is 1. The number of carbonyl (C=O) groups is 3. The highest BCUT2D eigenvalue weighted by Crippen LogP contribution is 2.22. The fourth-order valence-corrected chi connectivity index (χ4v) is 2.67. The van der Waals surface area contributed by atoms with Crippen molar-refractivity contribution in [2.75, 3.05) is 29.9 Å². The summed E-state index contributed by atoms with van der Waals surface area (Å²) in [5.74, 6) is -2.41. The van der Waals surface area contributed by atoms with Crippen molar-refractivity contribution in [3.63, 3.8) is 0 Å². The molecule has 2 aromatic rings. The van der Waals surface area contributed by atoms with Crippen molar-refractivity contribution in [3.8, 4) is 0 Å². The highest BCUT2D eigenvalue weighted by Gasteiger charge is 2.24. The van der Waals surface area contributed by atoms with Crippen molar-refractivity contribution in [1.82, 2.24) is 5.32 Å². The third kappa shape index (κ3) is 4.63. The van der Waals surface area contributed by atoms with Gasteiger partial charge in [0.05, 0.1) is 12.6 Å². The van der Waals surface area contributed by atoms with Crippen LogP contribution in [0.15, 0.2) is 48.5 Å². The van der Waals surface area contributed by atoms with Crippen molar-refractivity contribution in [2.24, 2.45) is 0 Å². The molecule has 1 saturated heterocycles. The van der Waals surface area contributed by atoms with Crippen LogP contribution in [0, 0.1) is 5.82 Å². The number of anilines is 2. The summed E-state index contributed by atoms with van der Waals surface area (Å²) in [6, 6.07) is 11.7. The molecule has 1 atom stereocenters. The van der Waals surface area contributed by atoms with E-state index in [1.54, 1.807) is 24.3 Å². The molecule has 3 N–H and O–H groups in total. The predicted octanol–water partition coefficient (Wildman–Crippen LogP) is 1.57. The van der Waals surface area contributed by atoms with Crippen LogP contribution in [0.1, 0.15) is 11.7 Å². The lowest BCUT2D eigenvalue weighted by Gasteiger charge is -2.14. The molecule has 28 heavy (non-hydrogen) atoms. The molecule has 0 bridgehead atoms. The van der Waals surface area contributed by atoms with Crippen LogP contribution < -0.4 is 15.5 Å². The Bertz CT molecular complexity index is 905. The van der Waals surface area contributed by atoms with Crippen LogP contribution in [0.3, 0.4) is 0 Å². The molecule has 0 spiro atoms. The molecule has 8 nitrogen and oxygen atoms in total. The van der Waals surface area contributed by atoms with Crippen LogP contribution in [0.5, 0.6) is 0 Å². The molecule has 1 fully saturated rings. The topological polar surface area (TPSA) is 108 Å². The highest BCUT2D eigenvalue weighted by atomic mass is 19.1. The Hall–Kier alpha value is -3.46. The second kappa shape index (κ2) is 8.49. The van der Waals surface area contributed by atoms with Crippen molar-refractivity contribution >= 4 is 29.3 Å². The number of rotatable bonds is 5. The van der Waals surface area contributed by atoms with Gasteiger partial charge in [-0.2, -0.15) is 0 Å². The molecule has 0 radical (unpaired) electrons. The highest BCUT2D eigenvalue weighted by molar-refractivity contribution is 6.39. The van der Waals surface area contributed by atoms with Crippen LogP contribution in [0.2, 0.25) is 0 Å². The summed E-state index contributed by atoms with van der Waals surface area (Å²) in [5.41, 5.74) is 1.14. The maximum absolute atomic E-state index is 13.2. The van der Waals surface area contributed by atoms with E-state index >= 15 is 0 Å². The second-order valence-electron chi connectivity index (χ2n) is 6.05. The van der Waals surface area contributed by atoms with Crippen LogP contribution in [0.25, 0.3) is 0 Å². The summed E-state index contributed by atoms with van der Waals surface area (Å²) >= 11 is 0. The van der Waals surface area contributed by atoms with E-state index in [2.05, 4.69) is 10.6 Å². The number of carbonyl (C=O) groups excluding carboxylic acids is 3. The van der Waals surface area contributed by atoms with Gasteiger partial charge in [0.25, 0.3) is 0 Å². The summed E-state index contributed by atoms with van der Waals surface area (Å²) in [5, 5.41) is 14.7. The molecule has 0 aliphatic carbocycles. The number of aliphatic hydroxyl groups is 1. The molecule has 0 saturated carbocycles. The van der Waals surface area contributed by atoms with Gasteiger partial charge >= 0.3 is 17.9 Å². The van der Waals surface area contributed by atoms with Crippen LogP contribution in [-0.2, 0) is 14.3 Å². The Balaban J connectivity index is 1.55. The molecule has 2 aromatic carbocycles. The summed E-state index contributed by atoms with van der Waals surface area (Å²) in [6.07, 6.45) is -1.63. The average Bonchev–Trinajstić information content (AvgIpc) is 3.12. The van der Waals surface area contributed by atoms with E-state index in [0.29, 0.717) is 17.9 Å². The minimum atomic E-state index is -1.16. The van der Waals surface area contributed by atoms with Gasteiger partial charge in [-0.05, 0) is 35.9 Å². The van der Waals surface area contributed by atoms with Gasteiger partial charge < -0.3 is 20.5 Å². The van der Waals surface area contributed by atoms with Crippen LogP contribution >= 0.6 is 0 Å². The normalized spacial score (nSPS) is 14.4. The maximum atomic E-state index is 13.2. The summed E-state index contributed by atoms with van der Waals surface area (Å²) in [6.45, 7) is 0.426. The van der Waals surface area contributed by atoms with Gasteiger partial charge in [-0.1, -0.05) is 18.2 Å². The number of hydrogen-bond acceptors (Lipinski definition) is 5. The Labute approximate surface area is 159 Å². The Kier molecular flexibility index (Phi) is 5.85. The molecule has 1 unspecified atom stereocenters. The quantitative estimate of drug-likeness (QED) is 0.675. The number of benzene rings is 2. The SMILES string of the molecule is O=C(NCC(O)c1cccc(F)c1)C(=O)Nc1cccc(N2CCOC2=O)c1. The molecule has 1 aliphatic heterocycles. The van der Waals surface area contributed by atoms with E-state index in [9.17, 15) is 23.9 Å². The monoisotopic (exact) mass is 387 g/mol. The first-order valence-corrected chi connectivity index (χ1v) is 8.51. The maximum Gasteiger partial charge on any atom is 0.414 e. The third-order valence-corrected chi connectivity index (χ3v) is 4.07. The molecule has 9 heteroatoms. The van der Waals surface area contributed by atoms with Crippen LogP contribution in [-0.4, -0.2) is 42.7 Å². The first-order chi connectivity index (χ1) is 13.4. The largest absolute Gasteiger partial charge is 0.447 e. The van der Waals surface area contributed by atoms with Crippen molar-refractivity contribution < 1.29 is 28.6 Å². The summed E-state index contributed by atoms with van der Waals surface area (Å²) in [4.78, 5) is 37.0. The van der Waals surface area contributed by atoms with Crippen molar-refractivity contribution in [3.05, 3.63) is 59.9 Å². The third-order valence-electron chi connectivity index (χ3n) is 4.07. The number of amides is 3. The summed E-state index contributed by atoms with van der Waals surface area (Å²) < 4.78 is 18.0. The number of halogens is 1. The second-order valence-corrected chi connectivity index (χ2v) is 6.05. The Morgan fingerprint density at radius 3 is 2.68 bits per heavy atom. The lowest BCUT2D eigenvalue weighted by molar-refractivity contribution is -0.136. The average molecular weight is 387 g/mol. The molecule has 3 amide bonds. The molecular weight excluding hydrogens is 369 g/mol. The Morgan fingerprint density at radius 2 is 1.96 bits per heavy atom. The van der Waals surface area contributed by atoms with Gasteiger partial charge in [-0.25, -0.2) is 9.18 Å². The van der Waals surface area contributed by atoms with Crippen molar-refractivity contribution in [1.29, 1.82) is 0 Å². The number of cyclic esters (lactones) is 1. The summed E-state index contributed by atoms with van der Waals surface area (Å²) in [7, 11) is 0. The molecular formula is C19H18FN3O5. The van der Waals surface area contributed by atoms with E-state index in [0.717, 1.165) is 6.07 Å². The first kappa shape index (κ1) is 19.3. The van der Waals surface area contributed by atoms with E-state index in [-0.39, 0.29) is 18.7 Å². The molecule has 3 rings (SSSR count). The van der Waals surface area contributed by atoms with Gasteiger partial charge in [-0.3, -0.25) is 14.5 Å². The van der Waals surface area contributed by atoms with Gasteiger partial charge in [-0.15, -0.1) is 0 Å². The van der Waals surface area contributed by atoms with E-state index in [4.69, 9.17) is 4.74 Å². The predicted molar refractivity (Wildman–Crippen MR) is 98.1 cm³/mol. The standard InChI is InChI=1S/C19H18FN3O5/c20-13-4-1-3-12(9-13)16(24)11-21-17(25)18(26)22-14-5-2-6-15(10-14)23-7-8-28-19(23)27/h1-6,9-10,16,24H,7-8,11H2,(H,21,25)(H,22,26). The number of nitrogens with one attached hydrogen (secondary N) is 2. The van der Waals surface area contributed by atoms with Crippen LogP contribution in [0.4, 0.5) is 20.6 Å². The smallest absolute Gasteiger partial charge is 0.414 e. The number of hydrogen-bond donors (Lipinski definition) is 3. The van der Waals surface area contributed by atoms with Gasteiger partial charge in [0.1, 0.15) is 12.4 Å². The minimum absolute atomic E-state index is 0.255. The van der Waals surface area contributed by atoms with Gasteiger partial charge in [0.2, 0.25) is 0 Å². The lowest BCUT2D eigenvalue weighted by atomic mass is 10.1. The van der Waals surface area contributed by atoms with E-state index in [1.807, 2.05) is 0 Å². The van der Waals surface area contributed by atoms with E-state index in [1.165, 1.54) is 23.1 Å². The van der Waals surface area contributed by atoms with Crippen molar-refractivity contribution in [2.45, 2.75) is 6.10 Å². The van der Waals surface area contributed by atoms with E-state index < -0.39 is 29.8 Å². The van der Waals surface area contributed by atoms with Gasteiger partial charge in [0, 0.05) is 17.9 Å². The molecule has 1 aliphatic rings. The zero-order valence-corrected chi connectivity index (χ0v) is 14.7.